The number of guanidine groups is 1. The van der Waals surface area contributed by atoms with Crippen molar-refractivity contribution in [1.29, 1.82) is 0 Å². The summed E-state index contributed by atoms with van der Waals surface area (Å²) in [7, 11) is 3.21. The summed E-state index contributed by atoms with van der Waals surface area (Å²) in [6.45, 7) is 0.895. The second kappa shape index (κ2) is 8.06. The molecule has 0 aromatic heterocycles. The van der Waals surface area contributed by atoms with Crippen LogP contribution in [0.25, 0.3) is 0 Å². The highest BCUT2D eigenvalue weighted by Gasteiger charge is 2.28. The second-order valence-corrected chi connectivity index (χ2v) is 6.03. The van der Waals surface area contributed by atoms with Crippen molar-refractivity contribution >= 4 is 5.96 Å². The summed E-state index contributed by atoms with van der Waals surface area (Å²) in [5.41, 5.74) is 6.22. The standard InChI is InChI=1S/C17H27N3O3/c1-22-14-7-6-13(10-15(14)23-2)11-19-16(18)20-12-17(21)8-4-3-5-9-17/h6-7,10,21H,3-5,8-9,11-12H2,1-2H3,(H3,18,19,20). The summed E-state index contributed by atoms with van der Waals surface area (Å²) in [5.74, 6) is 1.70. The molecular formula is C17H27N3O3. The van der Waals surface area contributed by atoms with Crippen LogP contribution < -0.4 is 20.5 Å². The van der Waals surface area contributed by atoms with Gasteiger partial charge in [0.2, 0.25) is 0 Å². The van der Waals surface area contributed by atoms with Crippen molar-refractivity contribution < 1.29 is 14.6 Å². The highest BCUT2D eigenvalue weighted by Crippen LogP contribution is 2.28. The summed E-state index contributed by atoms with van der Waals surface area (Å²) in [6.07, 6.45) is 4.98. The third-order valence-corrected chi connectivity index (χ3v) is 4.26. The van der Waals surface area contributed by atoms with Crippen molar-refractivity contribution in [1.82, 2.24) is 5.32 Å². The van der Waals surface area contributed by atoms with Gasteiger partial charge in [-0.3, -0.25) is 0 Å². The molecule has 0 heterocycles. The summed E-state index contributed by atoms with van der Waals surface area (Å²) in [5, 5.41) is 13.5. The maximum atomic E-state index is 10.4. The van der Waals surface area contributed by atoms with Crippen molar-refractivity contribution in [3.63, 3.8) is 0 Å². The van der Waals surface area contributed by atoms with Crippen LogP contribution in [-0.4, -0.2) is 37.4 Å². The molecule has 1 aromatic carbocycles. The molecule has 1 aliphatic carbocycles. The van der Waals surface area contributed by atoms with E-state index in [0.717, 1.165) is 31.2 Å². The van der Waals surface area contributed by atoms with Gasteiger partial charge in [0, 0.05) is 6.54 Å². The van der Waals surface area contributed by atoms with Gasteiger partial charge in [-0.2, -0.15) is 0 Å². The Morgan fingerprint density at radius 2 is 1.91 bits per heavy atom. The summed E-state index contributed by atoms with van der Waals surface area (Å²) in [4.78, 5) is 4.32. The number of hydrogen-bond donors (Lipinski definition) is 3. The van der Waals surface area contributed by atoms with Crippen LogP contribution in [0.2, 0.25) is 0 Å². The first kappa shape index (κ1) is 17.4. The van der Waals surface area contributed by atoms with E-state index in [-0.39, 0.29) is 0 Å². The first-order chi connectivity index (χ1) is 11.1. The van der Waals surface area contributed by atoms with E-state index >= 15 is 0 Å². The van der Waals surface area contributed by atoms with Gasteiger partial charge in [0.1, 0.15) is 0 Å². The predicted molar refractivity (Wildman–Crippen MR) is 90.9 cm³/mol. The van der Waals surface area contributed by atoms with Crippen LogP contribution in [0.1, 0.15) is 37.7 Å². The molecule has 0 radical (unpaired) electrons. The average molecular weight is 321 g/mol. The zero-order valence-corrected chi connectivity index (χ0v) is 14.0. The van der Waals surface area contributed by atoms with Crippen LogP contribution in [0.15, 0.2) is 23.2 Å². The Kier molecular flexibility index (Phi) is 6.10. The number of rotatable bonds is 6. The van der Waals surface area contributed by atoms with Crippen molar-refractivity contribution in [3.05, 3.63) is 23.8 Å². The molecule has 0 bridgehead atoms. The van der Waals surface area contributed by atoms with E-state index in [0.29, 0.717) is 30.5 Å². The lowest BCUT2D eigenvalue weighted by atomic mass is 9.85. The number of aliphatic hydroxyl groups is 1. The lowest BCUT2D eigenvalue weighted by Crippen LogP contribution is -2.46. The molecule has 0 aliphatic heterocycles. The highest BCUT2D eigenvalue weighted by atomic mass is 16.5. The Labute approximate surface area is 137 Å². The van der Waals surface area contributed by atoms with E-state index in [1.807, 2.05) is 18.2 Å². The minimum absolute atomic E-state index is 0.346. The second-order valence-electron chi connectivity index (χ2n) is 6.03. The van der Waals surface area contributed by atoms with Crippen LogP contribution in [0.5, 0.6) is 11.5 Å². The number of ether oxygens (including phenoxy) is 2. The molecule has 1 fully saturated rings. The van der Waals surface area contributed by atoms with Gasteiger partial charge in [0.05, 0.1) is 26.4 Å². The minimum atomic E-state index is -0.651. The van der Waals surface area contributed by atoms with E-state index < -0.39 is 5.60 Å². The van der Waals surface area contributed by atoms with E-state index in [1.165, 1.54) is 6.42 Å². The van der Waals surface area contributed by atoms with Gasteiger partial charge in [-0.25, -0.2) is 4.99 Å². The van der Waals surface area contributed by atoms with Crippen molar-refractivity contribution in [3.8, 4) is 11.5 Å². The average Bonchev–Trinajstić information content (AvgIpc) is 2.58. The molecule has 6 heteroatoms. The van der Waals surface area contributed by atoms with Gasteiger partial charge in [0.25, 0.3) is 0 Å². The minimum Gasteiger partial charge on any atom is -0.493 e. The van der Waals surface area contributed by atoms with Gasteiger partial charge in [-0.15, -0.1) is 0 Å². The first-order valence-electron chi connectivity index (χ1n) is 8.03. The Hall–Kier alpha value is -1.95. The maximum absolute atomic E-state index is 10.4. The van der Waals surface area contributed by atoms with Crippen molar-refractivity contribution in [2.75, 3.05) is 20.8 Å². The molecule has 6 nitrogen and oxygen atoms in total. The molecule has 0 amide bonds. The number of hydrogen-bond acceptors (Lipinski definition) is 4. The number of nitrogens with one attached hydrogen (secondary N) is 1. The molecule has 2 rings (SSSR count). The molecule has 1 aromatic rings. The topological polar surface area (TPSA) is 89.1 Å². The summed E-state index contributed by atoms with van der Waals surface area (Å²) >= 11 is 0. The molecule has 128 valence electrons. The third-order valence-electron chi connectivity index (χ3n) is 4.26. The third kappa shape index (κ3) is 5.03. The Morgan fingerprint density at radius 1 is 1.22 bits per heavy atom. The normalized spacial score (nSPS) is 17.6. The van der Waals surface area contributed by atoms with Crippen LogP contribution in [-0.2, 0) is 6.54 Å². The van der Waals surface area contributed by atoms with Crippen LogP contribution in [0.4, 0.5) is 0 Å². The largest absolute Gasteiger partial charge is 0.493 e. The van der Waals surface area contributed by atoms with Gasteiger partial charge in [0.15, 0.2) is 17.5 Å². The lowest BCUT2D eigenvalue weighted by molar-refractivity contribution is 0.00870. The highest BCUT2D eigenvalue weighted by molar-refractivity contribution is 5.77. The molecule has 1 aliphatic rings. The predicted octanol–water partition coefficient (Wildman–Crippen LogP) is 1.80. The number of methoxy groups -OCH3 is 2. The number of benzene rings is 1. The zero-order valence-electron chi connectivity index (χ0n) is 14.0. The Bertz CT molecular complexity index is 540. The van der Waals surface area contributed by atoms with Gasteiger partial charge < -0.3 is 25.6 Å². The zero-order chi connectivity index (χ0) is 16.7. The van der Waals surface area contributed by atoms with Crippen LogP contribution in [0.3, 0.4) is 0 Å². The van der Waals surface area contributed by atoms with Gasteiger partial charge in [-0.05, 0) is 30.5 Å². The SMILES string of the molecule is COc1ccc(CN=C(N)NCC2(O)CCCCC2)cc1OC. The van der Waals surface area contributed by atoms with E-state index in [1.54, 1.807) is 14.2 Å². The summed E-state index contributed by atoms with van der Waals surface area (Å²) in [6, 6.07) is 5.65. The first-order valence-corrected chi connectivity index (χ1v) is 8.03. The van der Waals surface area contributed by atoms with E-state index in [2.05, 4.69) is 10.3 Å². The molecule has 0 atom stereocenters. The molecule has 4 N–H and O–H groups in total. The maximum Gasteiger partial charge on any atom is 0.189 e. The smallest absolute Gasteiger partial charge is 0.189 e. The fourth-order valence-electron chi connectivity index (χ4n) is 2.85. The molecule has 1 saturated carbocycles. The Morgan fingerprint density at radius 3 is 2.57 bits per heavy atom. The summed E-state index contributed by atoms with van der Waals surface area (Å²) < 4.78 is 10.5. The van der Waals surface area contributed by atoms with Gasteiger partial charge in [-0.1, -0.05) is 25.3 Å². The molecular weight excluding hydrogens is 294 g/mol. The molecule has 0 spiro atoms. The van der Waals surface area contributed by atoms with Crippen LogP contribution >= 0.6 is 0 Å². The van der Waals surface area contributed by atoms with E-state index in [4.69, 9.17) is 15.2 Å². The molecule has 23 heavy (non-hydrogen) atoms. The van der Waals surface area contributed by atoms with Crippen molar-refractivity contribution in [2.24, 2.45) is 10.7 Å². The number of nitrogens with two attached hydrogens (primary N) is 1. The quantitative estimate of drug-likeness (QED) is 0.549. The molecule has 0 unspecified atom stereocenters. The fourth-order valence-corrected chi connectivity index (χ4v) is 2.85. The fraction of sp³-hybridized carbons (Fsp3) is 0.588. The molecule has 0 saturated heterocycles. The number of nitrogens with zero attached hydrogens (tertiary/aromatic N) is 1. The Balaban J connectivity index is 1.89. The van der Waals surface area contributed by atoms with E-state index in [9.17, 15) is 5.11 Å². The van der Waals surface area contributed by atoms with Crippen LogP contribution in [0, 0.1) is 0 Å². The van der Waals surface area contributed by atoms with Crippen molar-refractivity contribution in [2.45, 2.75) is 44.2 Å². The number of aliphatic imine (C=N–C) groups is 1. The monoisotopic (exact) mass is 321 g/mol. The lowest BCUT2D eigenvalue weighted by Gasteiger charge is -2.32. The van der Waals surface area contributed by atoms with Gasteiger partial charge >= 0.3 is 0 Å².